The molecule has 0 amide bonds. The van der Waals surface area contributed by atoms with Crippen LogP contribution in [-0.2, 0) is 16.0 Å². The molecular weight excluding hydrogens is 314 g/mol. The maximum absolute atomic E-state index is 5.83. The van der Waals surface area contributed by atoms with E-state index < -0.39 is 5.79 Å². The number of nitrogens with zero attached hydrogens (tertiary/aromatic N) is 3. The maximum atomic E-state index is 5.83. The Bertz CT molecular complexity index is 840. The molecule has 2 heterocycles. The summed E-state index contributed by atoms with van der Waals surface area (Å²) in [7, 11) is 0. The Morgan fingerprint density at radius 3 is 2.84 bits per heavy atom. The number of ether oxygens (including phenoxy) is 2. The Labute approximate surface area is 148 Å². The SMILES string of the molecule is Cc1cc(C#CC2CC2)ccc1-c1cn(C[C@H]2COC(C)(C)O2)nn1. The van der Waals surface area contributed by atoms with Gasteiger partial charge in [0, 0.05) is 17.0 Å². The second kappa shape index (κ2) is 6.29. The average molecular weight is 337 g/mol. The molecule has 4 rings (SSSR count). The van der Waals surface area contributed by atoms with Gasteiger partial charge in [-0.1, -0.05) is 23.1 Å². The van der Waals surface area contributed by atoms with E-state index >= 15 is 0 Å². The minimum absolute atomic E-state index is 0.00530. The van der Waals surface area contributed by atoms with Crippen LogP contribution in [0.5, 0.6) is 0 Å². The highest BCUT2D eigenvalue weighted by atomic mass is 16.7. The quantitative estimate of drug-likeness (QED) is 0.807. The van der Waals surface area contributed by atoms with Crippen LogP contribution in [0.4, 0.5) is 0 Å². The zero-order valence-electron chi connectivity index (χ0n) is 15.0. The summed E-state index contributed by atoms with van der Waals surface area (Å²) in [6.07, 6.45) is 4.47. The van der Waals surface area contributed by atoms with Crippen molar-refractivity contribution < 1.29 is 9.47 Å². The fourth-order valence-corrected chi connectivity index (χ4v) is 3.01. The topological polar surface area (TPSA) is 49.2 Å². The van der Waals surface area contributed by atoms with Crippen LogP contribution in [0.15, 0.2) is 24.4 Å². The van der Waals surface area contributed by atoms with Crippen molar-refractivity contribution in [1.29, 1.82) is 0 Å². The van der Waals surface area contributed by atoms with Crippen molar-refractivity contribution in [3.8, 4) is 23.1 Å². The zero-order valence-corrected chi connectivity index (χ0v) is 15.0. The van der Waals surface area contributed by atoms with E-state index in [1.807, 2.05) is 24.7 Å². The van der Waals surface area contributed by atoms with Crippen LogP contribution < -0.4 is 0 Å². The Balaban J connectivity index is 1.47. The highest BCUT2D eigenvalue weighted by molar-refractivity contribution is 5.64. The molecule has 0 unspecified atom stereocenters. The van der Waals surface area contributed by atoms with Gasteiger partial charge in [0.1, 0.15) is 11.8 Å². The van der Waals surface area contributed by atoms with Crippen molar-refractivity contribution in [2.45, 2.75) is 52.0 Å². The molecule has 1 aromatic carbocycles. The van der Waals surface area contributed by atoms with Crippen molar-refractivity contribution >= 4 is 0 Å². The summed E-state index contributed by atoms with van der Waals surface area (Å²) in [6, 6.07) is 6.27. The molecule has 1 aliphatic carbocycles. The number of hydrogen-bond acceptors (Lipinski definition) is 4. The van der Waals surface area contributed by atoms with Gasteiger partial charge in [-0.25, -0.2) is 4.68 Å². The van der Waals surface area contributed by atoms with Gasteiger partial charge in [0.15, 0.2) is 5.79 Å². The second-order valence-electron chi connectivity index (χ2n) is 7.35. The number of aryl methyl sites for hydroxylation is 1. The summed E-state index contributed by atoms with van der Waals surface area (Å²) in [4.78, 5) is 0. The van der Waals surface area contributed by atoms with Crippen molar-refractivity contribution in [2.75, 3.05) is 6.61 Å². The van der Waals surface area contributed by atoms with Crippen molar-refractivity contribution in [1.82, 2.24) is 15.0 Å². The van der Waals surface area contributed by atoms with Gasteiger partial charge in [0.2, 0.25) is 0 Å². The number of aromatic nitrogens is 3. The molecule has 2 fully saturated rings. The summed E-state index contributed by atoms with van der Waals surface area (Å²) < 4.78 is 13.3. The molecule has 1 atom stereocenters. The Morgan fingerprint density at radius 2 is 2.16 bits per heavy atom. The predicted molar refractivity (Wildman–Crippen MR) is 94.7 cm³/mol. The lowest BCUT2D eigenvalue weighted by Crippen LogP contribution is -2.24. The lowest BCUT2D eigenvalue weighted by molar-refractivity contribution is -0.139. The van der Waals surface area contributed by atoms with Gasteiger partial charge in [-0.15, -0.1) is 5.10 Å². The van der Waals surface area contributed by atoms with Gasteiger partial charge in [0.25, 0.3) is 0 Å². The van der Waals surface area contributed by atoms with E-state index in [0.717, 1.165) is 22.4 Å². The van der Waals surface area contributed by atoms with Crippen LogP contribution in [0.2, 0.25) is 0 Å². The molecule has 1 aromatic heterocycles. The third kappa shape index (κ3) is 3.92. The van der Waals surface area contributed by atoms with Crippen molar-refractivity contribution in [3.63, 3.8) is 0 Å². The highest BCUT2D eigenvalue weighted by Crippen LogP contribution is 2.28. The Hall–Kier alpha value is -2.16. The normalized spacial score (nSPS) is 21.8. The Kier molecular flexibility index (Phi) is 4.10. The number of benzene rings is 1. The fourth-order valence-electron chi connectivity index (χ4n) is 3.01. The van der Waals surface area contributed by atoms with E-state index in [1.54, 1.807) is 0 Å². The molecule has 25 heavy (non-hydrogen) atoms. The molecule has 0 radical (unpaired) electrons. The first kappa shape index (κ1) is 16.3. The van der Waals surface area contributed by atoms with Gasteiger partial charge in [-0.2, -0.15) is 0 Å². The number of hydrogen-bond donors (Lipinski definition) is 0. The van der Waals surface area contributed by atoms with Gasteiger partial charge >= 0.3 is 0 Å². The molecule has 5 nitrogen and oxygen atoms in total. The standard InChI is InChI=1S/C20H23N3O2/c1-14-10-16(7-6-15-4-5-15)8-9-18(14)19-12-23(22-21-19)11-17-13-24-20(2,3)25-17/h8-10,12,15,17H,4-5,11,13H2,1-3H3/t17-/m0/s1. The minimum atomic E-state index is -0.512. The van der Waals surface area contributed by atoms with E-state index in [1.165, 1.54) is 12.8 Å². The largest absolute Gasteiger partial charge is 0.348 e. The molecule has 0 N–H and O–H groups in total. The van der Waals surface area contributed by atoms with Gasteiger partial charge in [-0.05, 0) is 51.3 Å². The molecule has 1 saturated carbocycles. The highest BCUT2D eigenvalue weighted by Gasteiger charge is 2.33. The van der Waals surface area contributed by atoms with E-state index in [4.69, 9.17) is 9.47 Å². The average Bonchev–Trinajstić information content (AvgIpc) is 3.18. The first-order valence-corrected chi connectivity index (χ1v) is 8.83. The van der Waals surface area contributed by atoms with Gasteiger partial charge in [0.05, 0.1) is 19.3 Å². The van der Waals surface area contributed by atoms with Crippen LogP contribution in [0.1, 0.15) is 37.8 Å². The lowest BCUT2D eigenvalue weighted by atomic mass is 10.0. The molecular formula is C20H23N3O2. The molecule has 2 aromatic rings. The summed E-state index contributed by atoms with van der Waals surface area (Å²) in [5, 5.41) is 8.56. The summed E-state index contributed by atoms with van der Waals surface area (Å²) in [5.41, 5.74) is 4.19. The fraction of sp³-hybridized carbons (Fsp3) is 0.500. The second-order valence-corrected chi connectivity index (χ2v) is 7.35. The van der Waals surface area contributed by atoms with Crippen LogP contribution in [0, 0.1) is 24.7 Å². The molecule has 5 heteroatoms. The van der Waals surface area contributed by atoms with Crippen molar-refractivity contribution in [3.05, 3.63) is 35.5 Å². The third-order valence-electron chi connectivity index (χ3n) is 4.50. The lowest BCUT2D eigenvalue weighted by Gasteiger charge is -2.16. The maximum Gasteiger partial charge on any atom is 0.163 e. The first-order chi connectivity index (χ1) is 12.0. The van der Waals surface area contributed by atoms with Crippen LogP contribution >= 0.6 is 0 Å². The van der Waals surface area contributed by atoms with E-state index in [-0.39, 0.29) is 6.10 Å². The molecule has 130 valence electrons. The van der Waals surface area contributed by atoms with Gasteiger partial charge in [-0.3, -0.25) is 0 Å². The molecule has 0 spiro atoms. The first-order valence-electron chi connectivity index (χ1n) is 8.83. The molecule has 1 saturated heterocycles. The van der Waals surface area contributed by atoms with E-state index in [2.05, 4.69) is 47.3 Å². The van der Waals surface area contributed by atoms with Crippen LogP contribution in [0.3, 0.4) is 0 Å². The summed E-state index contributed by atoms with van der Waals surface area (Å²) in [6.45, 7) is 7.16. The van der Waals surface area contributed by atoms with E-state index in [9.17, 15) is 0 Å². The van der Waals surface area contributed by atoms with E-state index in [0.29, 0.717) is 19.1 Å². The minimum Gasteiger partial charge on any atom is -0.348 e. The predicted octanol–water partition coefficient (Wildman–Crippen LogP) is 3.17. The summed E-state index contributed by atoms with van der Waals surface area (Å²) in [5.74, 6) is 6.67. The van der Waals surface area contributed by atoms with Crippen LogP contribution in [0.25, 0.3) is 11.3 Å². The zero-order chi connectivity index (χ0) is 17.4. The smallest absolute Gasteiger partial charge is 0.163 e. The van der Waals surface area contributed by atoms with Crippen LogP contribution in [-0.4, -0.2) is 33.5 Å². The summed E-state index contributed by atoms with van der Waals surface area (Å²) >= 11 is 0. The number of rotatable bonds is 3. The van der Waals surface area contributed by atoms with Gasteiger partial charge < -0.3 is 9.47 Å². The monoisotopic (exact) mass is 337 g/mol. The molecule has 1 aliphatic heterocycles. The molecule has 2 aliphatic rings. The Morgan fingerprint density at radius 1 is 1.32 bits per heavy atom. The van der Waals surface area contributed by atoms with Crippen molar-refractivity contribution in [2.24, 2.45) is 5.92 Å². The third-order valence-corrected chi connectivity index (χ3v) is 4.50. The molecule has 0 bridgehead atoms.